The third-order valence-electron chi connectivity index (χ3n) is 7.13. The van der Waals surface area contributed by atoms with E-state index in [1.165, 1.54) is 7.11 Å². The Bertz CT molecular complexity index is 1810. The number of benzene rings is 3. The number of methoxy groups -OCH3 is 1. The third-order valence-corrected chi connectivity index (χ3v) is 7.13. The summed E-state index contributed by atoms with van der Waals surface area (Å²) in [5.41, 5.74) is 4.84. The van der Waals surface area contributed by atoms with E-state index in [0.29, 0.717) is 36.0 Å². The zero-order valence-corrected chi connectivity index (χ0v) is 26.2. The molecule has 5 rings (SSSR count). The van der Waals surface area contributed by atoms with Crippen molar-refractivity contribution in [1.82, 2.24) is 14.8 Å². The molecule has 10 heteroatoms. The van der Waals surface area contributed by atoms with Crippen LogP contribution >= 0.6 is 0 Å². The summed E-state index contributed by atoms with van der Waals surface area (Å²) in [5, 5.41) is 15.3. The van der Waals surface area contributed by atoms with Crippen molar-refractivity contribution in [3.05, 3.63) is 102 Å². The molecule has 0 atom stereocenters. The fourth-order valence-corrected chi connectivity index (χ4v) is 4.80. The van der Waals surface area contributed by atoms with Gasteiger partial charge in [0.25, 0.3) is 0 Å². The summed E-state index contributed by atoms with van der Waals surface area (Å²) in [6.07, 6.45) is 3.92. The van der Waals surface area contributed by atoms with Crippen LogP contribution in [-0.2, 0) is 21.4 Å². The minimum Gasteiger partial charge on any atom is -0.493 e. The van der Waals surface area contributed by atoms with Gasteiger partial charge in [-0.3, -0.25) is 15.1 Å². The highest BCUT2D eigenvalue weighted by Crippen LogP contribution is 2.32. The molecule has 2 heterocycles. The molecule has 0 aliphatic carbocycles. The average Bonchev–Trinajstić information content (AvgIpc) is 3.43. The van der Waals surface area contributed by atoms with Crippen molar-refractivity contribution >= 4 is 39.9 Å². The van der Waals surface area contributed by atoms with E-state index >= 15 is 0 Å². The van der Waals surface area contributed by atoms with Crippen molar-refractivity contribution in [3.63, 3.8) is 0 Å². The largest absolute Gasteiger partial charge is 0.493 e. The molecule has 0 unspecified atom stereocenters. The van der Waals surface area contributed by atoms with Crippen molar-refractivity contribution in [2.24, 2.45) is 0 Å². The van der Waals surface area contributed by atoms with Crippen LogP contribution in [0.4, 0.5) is 22.0 Å². The van der Waals surface area contributed by atoms with E-state index in [0.717, 1.165) is 33.3 Å². The molecule has 45 heavy (non-hydrogen) atoms. The highest BCUT2D eigenvalue weighted by Gasteiger charge is 2.22. The molecule has 2 aromatic heterocycles. The second kappa shape index (κ2) is 13.6. The number of anilines is 3. The van der Waals surface area contributed by atoms with Gasteiger partial charge in [-0.15, -0.1) is 0 Å². The number of amides is 3. The molecule has 0 spiro atoms. The van der Waals surface area contributed by atoms with Crippen LogP contribution in [-0.4, -0.2) is 47.0 Å². The Balaban J connectivity index is 1.29. The maximum Gasteiger partial charge on any atom is 0.324 e. The number of pyridine rings is 1. The lowest BCUT2D eigenvalue weighted by Gasteiger charge is -2.14. The van der Waals surface area contributed by atoms with E-state index < -0.39 is 0 Å². The van der Waals surface area contributed by atoms with Crippen molar-refractivity contribution in [2.45, 2.75) is 39.5 Å². The van der Waals surface area contributed by atoms with Gasteiger partial charge in [0, 0.05) is 42.0 Å². The molecular weight excluding hydrogens is 568 g/mol. The Morgan fingerprint density at radius 1 is 0.889 bits per heavy atom. The standard InChI is InChI=1S/C35H38N6O4/c1-23-10-12-26(13-11-23)41-32(19-31(40-41)35(2,3)4)39-34(43)38-29-14-15-30(28-9-7-6-8-27(28)29)45-17-16-24-18-25(21-36-20-24)37-33(42)22-44-5/h6-15,18-21H,16-17,22H2,1-5H3,(H,37,42)(H2,38,39,43). The number of aryl methyl sites for hydroxylation is 1. The molecule has 0 saturated heterocycles. The zero-order valence-electron chi connectivity index (χ0n) is 26.2. The lowest BCUT2D eigenvalue weighted by molar-refractivity contribution is -0.119. The Labute approximate surface area is 262 Å². The van der Waals surface area contributed by atoms with Crippen LogP contribution in [0.1, 0.15) is 37.6 Å². The van der Waals surface area contributed by atoms with E-state index in [2.05, 4.69) is 41.7 Å². The smallest absolute Gasteiger partial charge is 0.324 e. The summed E-state index contributed by atoms with van der Waals surface area (Å²) in [6, 6.07) is 22.9. The van der Waals surface area contributed by atoms with Crippen molar-refractivity contribution in [1.29, 1.82) is 0 Å². The Kier molecular flexibility index (Phi) is 9.44. The highest BCUT2D eigenvalue weighted by molar-refractivity contribution is 6.07. The van der Waals surface area contributed by atoms with Gasteiger partial charge in [0.15, 0.2) is 0 Å². The first-order chi connectivity index (χ1) is 21.6. The molecule has 10 nitrogen and oxygen atoms in total. The fourth-order valence-electron chi connectivity index (χ4n) is 4.80. The lowest BCUT2D eigenvalue weighted by Crippen LogP contribution is -2.21. The predicted octanol–water partition coefficient (Wildman–Crippen LogP) is 6.88. The van der Waals surface area contributed by atoms with Gasteiger partial charge in [0.1, 0.15) is 18.2 Å². The van der Waals surface area contributed by atoms with Crippen LogP contribution in [0.2, 0.25) is 0 Å². The van der Waals surface area contributed by atoms with E-state index in [4.69, 9.17) is 14.6 Å². The van der Waals surface area contributed by atoms with E-state index in [-0.39, 0.29) is 24.0 Å². The molecule has 0 bridgehead atoms. The van der Waals surface area contributed by atoms with Crippen LogP contribution in [0.15, 0.2) is 85.2 Å². The first kappa shape index (κ1) is 31.2. The summed E-state index contributed by atoms with van der Waals surface area (Å²) in [7, 11) is 1.47. The first-order valence-electron chi connectivity index (χ1n) is 14.7. The number of carbonyl (C=O) groups excluding carboxylic acids is 2. The zero-order chi connectivity index (χ0) is 32.0. The number of carbonyl (C=O) groups is 2. The van der Waals surface area contributed by atoms with Crippen LogP contribution in [0.25, 0.3) is 16.5 Å². The predicted molar refractivity (Wildman–Crippen MR) is 178 cm³/mol. The van der Waals surface area contributed by atoms with Gasteiger partial charge in [-0.1, -0.05) is 62.7 Å². The van der Waals surface area contributed by atoms with Gasteiger partial charge in [0.05, 0.1) is 35.6 Å². The molecule has 0 aliphatic heterocycles. The maximum absolute atomic E-state index is 13.3. The van der Waals surface area contributed by atoms with Gasteiger partial charge in [-0.05, 0) is 42.8 Å². The van der Waals surface area contributed by atoms with Crippen molar-refractivity contribution < 1.29 is 19.1 Å². The molecule has 0 saturated carbocycles. The van der Waals surface area contributed by atoms with E-state index in [1.54, 1.807) is 17.1 Å². The minimum atomic E-state index is -0.382. The van der Waals surface area contributed by atoms with Gasteiger partial charge in [-0.25, -0.2) is 9.48 Å². The van der Waals surface area contributed by atoms with Crippen LogP contribution in [0.5, 0.6) is 5.75 Å². The van der Waals surface area contributed by atoms with Crippen molar-refractivity contribution in [2.75, 3.05) is 36.3 Å². The Morgan fingerprint density at radius 3 is 2.38 bits per heavy atom. The number of hydrogen-bond donors (Lipinski definition) is 3. The number of urea groups is 1. The first-order valence-corrected chi connectivity index (χ1v) is 14.7. The summed E-state index contributed by atoms with van der Waals surface area (Å²) in [6.45, 7) is 8.67. The second-order valence-electron chi connectivity index (χ2n) is 11.8. The van der Waals surface area contributed by atoms with E-state index in [1.807, 2.05) is 79.7 Å². The summed E-state index contributed by atoms with van der Waals surface area (Å²) < 4.78 is 12.8. The average molecular weight is 607 g/mol. The SMILES string of the molecule is COCC(=O)Nc1cncc(CCOc2ccc(NC(=O)Nc3cc(C(C)(C)C)nn3-c3ccc(C)cc3)c3ccccc23)c1. The third kappa shape index (κ3) is 7.84. The maximum atomic E-state index is 13.3. The number of nitrogens with zero attached hydrogens (tertiary/aromatic N) is 3. The second-order valence-corrected chi connectivity index (χ2v) is 11.8. The Hall–Kier alpha value is -5.22. The number of rotatable bonds is 10. The minimum absolute atomic E-state index is 0.0246. The molecule has 3 N–H and O–H groups in total. The molecule has 0 radical (unpaired) electrons. The molecule has 232 valence electrons. The highest BCUT2D eigenvalue weighted by atomic mass is 16.5. The van der Waals surface area contributed by atoms with Gasteiger partial charge in [-0.2, -0.15) is 5.10 Å². The molecule has 3 aromatic carbocycles. The summed E-state index contributed by atoms with van der Waals surface area (Å²) in [4.78, 5) is 29.4. The molecule has 5 aromatic rings. The molecular formula is C35H38N6O4. The van der Waals surface area contributed by atoms with Crippen LogP contribution < -0.4 is 20.7 Å². The van der Waals surface area contributed by atoms with Gasteiger partial charge >= 0.3 is 6.03 Å². The van der Waals surface area contributed by atoms with Gasteiger partial charge in [0.2, 0.25) is 5.91 Å². The number of fused-ring (bicyclic) bond motifs is 1. The number of nitrogens with one attached hydrogen (secondary N) is 3. The summed E-state index contributed by atoms with van der Waals surface area (Å²) >= 11 is 0. The summed E-state index contributed by atoms with van der Waals surface area (Å²) in [5.74, 6) is 1.02. The quantitative estimate of drug-likeness (QED) is 0.160. The monoisotopic (exact) mass is 606 g/mol. The van der Waals surface area contributed by atoms with Crippen LogP contribution in [0.3, 0.4) is 0 Å². The van der Waals surface area contributed by atoms with Crippen LogP contribution in [0, 0.1) is 6.92 Å². The van der Waals surface area contributed by atoms with Crippen molar-refractivity contribution in [3.8, 4) is 11.4 Å². The number of hydrogen-bond acceptors (Lipinski definition) is 6. The molecule has 0 aliphatic rings. The Morgan fingerprint density at radius 2 is 1.64 bits per heavy atom. The number of ether oxygens (including phenoxy) is 2. The molecule has 0 fully saturated rings. The van der Waals surface area contributed by atoms with E-state index in [9.17, 15) is 9.59 Å². The van der Waals surface area contributed by atoms with Gasteiger partial charge < -0.3 is 20.1 Å². The lowest BCUT2D eigenvalue weighted by atomic mass is 9.92. The topological polar surface area (TPSA) is 119 Å². The normalized spacial score (nSPS) is 11.3. The number of aromatic nitrogens is 3. The fraction of sp³-hybridized carbons (Fsp3) is 0.257. The molecule has 3 amide bonds.